The Morgan fingerprint density at radius 1 is 1.00 bits per heavy atom. The molecule has 0 unspecified atom stereocenters. The summed E-state index contributed by atoms with van der Waals surface area (Å²) >= 11 is 11.8. The van der Waals surface area contributed by atoms with E-state index >= 15 is 0 Å². The van der Waals surface area contributed by atoms with E-state index in [4.69, 9.17) is 27.9 Å². The number of benzene rings is 2. The van der Waals surface area contributed by atoms with Crippen molar-refractivity contribution in [3.05, 3.63) is 58.1 Å². The molecule has 2 aromatic carbocycles. The lowest BCUT2D eigenvalue weighted by atomic mass is 9.82. The largest absolute Gasteiger partial charge is 0.480 e. The summed E-state index contributed by atoms with van der Waals surface area (Å²) in [7, 11) is 0. The van der Waals surface area contributed by atoms with Crippen molar-refractivity contribution in [3.8, 4) is 11.5 Å². The van der Waals surface area contributed by atoms with Gasteiger partial charge in [0.25, 0.3) is 0 Å². The summed E-state index contributed by atoms with van der Waals surface area (Å²) in [6.07, 6.45) is 0. The third kappa shape index (κ3) is 3.25. The van der Waals surface area contributed by atoms with Crippen LogP contribution in [0.15, 0.2) is 42.5 Å². The fourth-order valence-corrected chi connectivity index (χ4v) is 2.41. The molecule has 23 heavy (non-hydrogen) atoms. The first-order chi connectivity index (χ1) is 10.8. The second-order valence-corrected chi connectivity index (χ2v) is 5.75. The lowest BCUT2D eigenvalue weighted by Crippen LogP contribution is -2.41. The predicted molar refractivity (Wildman–Crippen MR) is 85.6 cm³/mol. The first-order valence-corrected chi connectivity index (χ1v) is 7.21. The minimum Gasteiger partial charge on any atom is -0.480 e. The summed E-state index contributed by atoms with van der Waals surface area (Å²) in [6, 6.07) is 10.5. The average Bonchev–Trinajstić information content (AvgIpc) is 2.49. The van der Waals surface area contributed by atoms with Crippen LogP contribution in [0.4, 0.5) is 0 Å². The molecule has 120 valence electrons. The van der Waals surface area contributed by atoms with Gasteiger partial charge in [-0.25, -0.2) is 0 Å². The third-order valence-corrected chi connectivity index (χ3v) is 3.93. The van der Waals surface area contributed by atoms with E-state index in [0.29, 0.717) is 5.02 Å². The van der Waals surface area contributed by atoms with Crippen LogP contribution >= 0.6 is 23.2 Å². The van der Waals surface area contributed by atoms with Crippen LogP contribution in [0.1, 0.15) is 12.5 Å². The van der Waals surface area contributed by atoms with Crippen molar-refractivity contribution < 1.29 is 24.5 Å². The van der Waals surface area contributed by atoms with Crippen LogP contribution in [-0.2, 0) is 15.0 Å². The molecule has 7 heteroatoms. The Morgan fingerprint density at radius 3 is 2.17 bits per heavy atom. The van der Waals surface area contributed by atoms with E-state index in [1.54, 1.807) is 12.1 Å². The van der Waals surface area contributed by atoms with E-state index in [2.05, 4.69) is 0 Å². The zero-order valence-electron chi connectivity index (χ0n) is 11.9. The van der Waals surface area contributed by atoms with Gasteiger partial charge in [-0.3, -0.25) is 9.59 Å². The van der Waals surface area contributed by atoms with Crippen molar-refractivity contribution in [3.63, 3.8) is 0 Å². The molecule has 0 fully saturated rings. The second-order valence-electron chi connectivity index (χ2n) is 4.91. The van der Waals surface area contributed by atoms with Crippen molar-refractivity contribution in [1.29, 1.82) is 0 Å². The smallest absolute Gasteiger partial charge is 0.325 e. The number of para-hydroxylation sites is 1. The Kier molecular flexibility index (Phi) is 4.82. The molecule has 0 atom stereocenters. The van der Waals surface area contributed by atoms with Crippen LogP contribution < -0.4 is 4.74 Å². The molecule has 0 spiro atoms. The maximum Gasteiger partial charge on any atom is 0.325 e. The van der Waals surface area contributed by atoms with Gasteiger partial charge in [0.2, 0.25) is 0 Å². The van der Waals surface area contributed by atoms with Gasteiger partial charge in [-0.15, -0.1) is 0 Å². The van der Waals surface area contributed by atoms with E-state index in [0.717, 1.165) is 6.92 Å². The molecule has 2 N–H and O–H groups in total. The molecule has 0 aliphatic heterocycles. The van der Waals surface area contributed by atoms with E-state index in [1.165, 1.54) is 30.3 Å². The van der Waals surface area contributed by atoms with Crippen molar-refractivity contribution in [2.45, 2.75) is 12.3 Å². The number of hydrogen-bond acceptors (Lipinski definition) is 3. The maximum atomic E-state index is 11.5. The van der Waals surface area contributed by atoms with E-state index in [9.17, 15) is 19.8 Å². The number of ether oxygens (including phenoxy) is 1. The number of carboxylic acids is 2. The Balaban J connectivity index is 2.53. The zero-order chi connectivity index (χ0) is 17.2. The lowest BCUT2D eigenvalue weighted by molar-refractivity contribution is -0.156. The molecule has 0 bridgehead atoms. The number of hydrogen-bond donors (Lipinski definition) is 2. The maximum absolute atomic E-state index is 11.5. The lowest BCUT2D eigenvalue weighted by Gasteiger charge is -2.23. The van der Waals surface area contributed by atoms with Crippen LogP contribution in [0.3, 0.4) is 0 Å². The first-order valence-electron chi connectivity index (χ1n) is 6.46. The molecule has 0 aromatic heterocycles. The molecule has 0 aliphatic carbocycles. The monoisotopic (exact) mass is 354 g/mol. The number of halogens is 2. The molecule has 5 nitrogen and oxygen atoms in total. The number of rotatable bonds is 5. The molecular formula is C16H12Cl2O5. The second kappa shape index (κ2) is 6.48. The summed E-state index contributed by atoms with van der Waals surface area (Å²) in [5.41, 5.74) is -2.15. The van der Waals surface area contributed by atoms with Gasteiger partial charge in [0, 0.05) is 10.6 Å². The molecule has 0 radical (unpaired) electrons. The van der Waals surface area contributed by atoms with Crippen molar-refractivity contribution in [2.24, 2.45) is 0 Å². The van der Waals surface area contributed by atoms with Gasteiger partial charge >= 0.3 is 11.9 Å². The van der Waals surface area contributed by atoms with Gasteiger partial charge in [-0.1, -0.05) is 41.4 Å². The molecule has 0 amide bonds. The molecule has 0 saturated carbocycles. The van der Waals surface area contributed by atoms with E-state index in [1.807, 2.05) is 0 Å². The Hall–Kier alpha value is -2.24. The van der Waals surface area contributed by atoms with Crippen LogP contribution in [0, 0.1) is 0 Å². The number of carbonyl (C=O) groups is 2. The zero-order valence-corrected chi connectivity index (χ0v) is 13.4. The molecular weight excluding hydrogens is 343 g/mol. The highest BCUT2D eigenvalue weighted by molar-refractivity contribution is 6.35. The molecule has 0 saturated heterocycles. The summed E-state index contributed by atoms with van der Waals surface area (Å²) in [4.78, 5) is 23.0. The molecule has 2 rings (SSSR count). The molecule has 2 aromatic rings. The van der Waals surface area contributed by atoms with Crippen molar-refractivity contribution in [1.82, 2.24) is 0 Å². The van der Waals surface area contributed by atoms with Crippen LogP contribution in [0.25, 0.3) is 0 Å². The minimum atomic E-state index is -2.16. The van der Waals surface area contributed by atoms with Gasteiger partial charge in [-0.05, 0) is 31.2 Å². The quantitative estimate of drug-likeness (QED) is 0.785. The van der Waals surface area contributed by atoms with Crippen LogP contribution in [0.2, 0.25) is 10.0 Å². The minimum absolute atomic E-state index is 0.00557. The van der Waals surface area contributed by atoms with Gasteiger partial charge in [0.1, 0.15) is 11.5 Å². The van der Waals surface area contributed by atoms with Crippen molar-refractivity contribution in [2.75, 3.05) is 0 Å². The van der Waals surface area contributed by atoms with Gasteiger partial charge in [-0.2, -0.15) is 0 Å². The Morgan fingerprint density at radius 2 is 1.61 bits per heavy atom. The fourth-order valence-electron chi connectivity index (χ4n) is 1.97. The van der Waals surface area contributed by atoms with Crippen LogP contribution in [-0.4, -0.2) is 22.2 Å². The molecule has 0 aliphatic rings. The Labute approximate surface area is 142 Å². The average molecular weight is 355 g/mol. The van der Waals surface area contributed by atoms with E-state index in [-0.39, 0.29) is 22.1 Å². The fraction of sp³-hybridized carbons (Fsp3) is 0.125. The summed E-state index contributed by atoms with van der Waals surface area (Å²) in [5, 5.41) is 19.4. The number of aliphatic carboxylic acids is 2. The molecule has 0 heterocycles. The normalized spacial score (nSPS) is 11.1. The summed E-state index contributed by atoms with van der Waals surface area (Å²) < 4.78 is 5.62. The Bertz CT molecular complexity index is 759. The van der Waals surface area contributed by atoms with Gasteiger partial charge in [0.15, 0.2) is 5.41 Å². The van der Waals surface area contributed by atoms with E-state index < -0.39 is 17.4 Å². The van der Waals surface area contributed by atoms with Crippen LogP contribution in [0.5, 0.6) is 11.5 Å². The predicted octanol–water partition coefficient (Wildman–Crippen LogP) is 4.21. The first kappa shape index (κ1) is 17.1. The SMILES string of the molecule is CC(C(=O)O)(C(=O)O)c1ccccc1Oc1ccc(Cl)cc1Cl. The number of carboxylic acid groups (broad SMARTS) is 2. The van der Waals surface area contributed by atoms with Crippen molar-refractivity contribution >= 4 is 35.1 Å². The third-order valence-electron chi connectivity index (χ3n) is 3.40. The summed E-state index contributed by atoms with van der Waals surface area (Å²) in [5.74, 6) is -2.67. The topological polar surface area (TPSA) is 83.8 Å². The standard InChI is InChI=1S/C16H12Cl2O5/c1-16(14(19)20,15(21)22)10-4-2-3-5-12(10)23-13-7-6-9(17)8-11(13)18/h2-8H,1H3,(H,19,20)(H,21,22). The summed E-state index contributed by atoms with van der Waals surface area (Å²) in [6.45, 7) is 1.10. The highest BCUT2D eigenvalue weighted by Gasteiger charge is 2.45. The van der Waals surface area contributed by atoms with Gasteiger partial charge in [0.05, 0.1) is 5.02 Å². The highest BCUT2D eigenvalue weighted by atomic mass is 35.5. The van der Waals surface area contributed by atoms with Gasteiger partial charge < -0.3 is 14.9 Å². The highest BCUT2D eigenvalue weighted by Crippen LogP contribution is 2.38.